The first-order valence-electron chi connectivity index (χ1n) is 9.31. The van der Waals surface area contributed by atoms with Gasteiger partial charge in [0.25, 0.3) is 0 Å². The summed E-state index contributed by atoms with van der Waals surface area (Å²) in [6.45, 7) is 5.70. The number of aromatic nitrogens is 2. The van der Waals surface area contributed by atoms with E-state index in [1.165, 1.54) is 0 Å². The number of rotatable bonds is 7. The molecule has 2 amide bonds. The zero-order valence-electron chi connectivity index (χ0n) is 15.3. The molecule has 0 radical (unpaired) electrons. The lowest BCUT2D eigenvalue weighted by molar-refractivity contribution is -0.141. The molecule has 3 rings (SSSR count). The minimum absolute atomic E-state index is 0.0591. The van der Waals surface area contributed by atoms with Crippen LogP contribution in [0.2, 0.25) is 0 Å². The van der Waals surface area contributed by atoms with E-state index in [4.69, 9.17) is 0 Å². The maximum Gasteiger partial charge on any atom is 0.228 e. The summed E-state index contributed by atoms with van der Waals surface area (Å²) in [6, 6.07) is 0. The van der Waals surface area contributed by atoms with Crippen LogP contribution in [0.4, 0.5) is 5.69 Å². The van der Waals surface area contributed by atoms with Crippen LogP contribution in [0.15, 0.2) is 24.5 Å². The van der Waals surface area contributed by atoms with Gasteiger partial charge in [-0.1, -0.05) is 26.0 Å². The second kappa shape index (κ2) is 7.42. The Bertz CT molecular complexity index is 660. The number of hydrogen-bond donors (Lipinski definition) is 1. The summed E-state index contributed by atoms with van der Waals surface area (Å²) < 4.78 is 1.66. The van der Waals surface area contributed by atoms with Crippen molar-refractivity contribution in [3.05, 3.63) is 24.5 Å². The summed E-state index contributed by atoms with van der Waals surface area (Å²) in [5, 5.41) is 7.04. The number of carbonyl (C=O) groups is 2. The Balaban J connectivity index is 1.78. The molecular formula is C19H28N4O2. The zero-order valence-corrected chi connectivity index (χ0v) is 15.3. The summed E-state index contributed by atoms with van der Waals surface area (Å²) in [6.07, 6.45) is 10.5. The molecule has 136 valence electrons. The number of hydrogen-bond acceptors (Lipinski definition) is 3. The molecule has 1 aromatic rings. The number of fused-ring (bicyclic) bond motifs is 2. The van der Waals surface area contributed by atoms with E-state index >= 15 is 0 Å². The highest BCUT2D eigenvalue weighted by Crippen LogP contribution is 2.49. The Morgan fingerprint density at radius 3 is 2.40 bits per heavy atom. The van der Waals surface area contributed by atoms with E-state index in [-0.39, 0.29) is 35.5 Å². The third-order valence-electron chi connectivity index (χ3n) is 5.32. The molecule has 2 aliphatic rings. The SMILES string of the molecule is CCCN(CCC)C(=O)[C@H]1[C@@H](C(=O)Nc2cnn(C)c2)[C@H]2C=C[C@H]1C2. The van der Waals surface area contributed by atoms with Gasteiger partial charge in [-0.25, -0.2) is 0 Å². The Morgan fingerprint density at radius 2 is 1.84 bits per heavy atom. The van der Waals surface area contributed by atoms with Gasteiger partial charge in [0.05, 0.1) is 23.7 Å². The molecule has 1 aromatic heterocycles. The van der Waals surface area contributed by atoms with Gasteiger partial charge in [0.2, 0.25) is 11.8 Å². The number of allylic oxidation sites excluding steroid dienone is 2. The van der Waals surface area contributed by atoms with Crippen LogP contribution in [0, 0.1) is 23.7 Å². The van der Waals surface area contributed by atoms with Crippen molar-refractivity contribution < 1.29 is 9.59 Å². The zero-order chi connectivity index (χ0) is 18.0. The number of aryl methyl sites for hydroxylation is 1. The quantitative estimate of drug-likeness (QED) is 0.773. The summed E-state index contributed by atoms with van der Waals surface area (Å²) >= 11 is 0. The van der Waals surface area contributed by atoms with Gasteiger partial charge in [0.1, 0.15) is 0 Å². The fourth-order valence-electron chi connectivity index (χ4n) is 4.31. The first kappa shape index (κ1) is 17.7. The lowest BCUT2D eigenvalue weighted by atomic mass is 9.81. The van der Waals surface area contributed by atoms with E-state index in [1.54, 1.807) is 17.1 Å². The second-order valence-electron chi connectivity index (χ2n) is 7.22. The average molecular weight is 344 g/mol. The normalized spacial score (nSPS) is 26.8. The number of nitrogens with one attached hydrogen (secondary N) is 1. The molecule has 0 unspecified atom stereocenters. The smallest absolute Gasteiger partial charge is 0.228 e. The molecule has 6 nitrogen and oxygen atoms in total. The number of carbonyl (C=O) groups excluding carboxylic acids is 2. The van der Waals surface area contributed by atoms with Crippen LogP contribution < -0.4 is 5.32 Å². The number of amides is 2. The second-order valence-corrected chi connectivity index (χ2v) is 7.22. The molecule has 0 aliphatic heterocycles. The van der Waals surface area contributed by atoms with Crippen molar-refractivity contribution in [3.8, 4) is 0 Å². The monoisotopic (exact) mass is 344 g/mol. The van der Waals surface area contributed by atoms with Crippen LogP contribution in [-0.4, -0.2) is 39.6 Å². The van der Waals surface area contributed by atoms with Crippen molar-refractivity contribution in [2.75, 3.05) is 18.4 Å². The molecule has 1 N–H and O–H groups in total. The van der Waals surface area contributed by atoms with Crippen LogP contribution in [0.3, 0.4) is 0 Å². The van der Waals surface area contributed by atoms with Crippen LogP contribution in [0.5, 0.6) is 0 Å². The third-order valence-corrected chi connectivity index (χ3v) is 5.32. The lowest BCUT2D eigenvalue weighted by Crippen LogP contribution is -2.44. The standard InChI is InChI=1S/C19H28N4O2/c1-4-8-23(9-5-2)19(25)17-14-7-6-13(10-14)16(17)18(24)21-15-11-20-22(3)12-15/h6-7,11-14,16-17H,4-5,8-10H2,1-3H3,(H,21,24)/t13-,14-,16-,17+/m0/s1. The molecule has 6 heteroatoms. The molecule has 25 heavy (non-hydrogen) atoms. The fraction of sp³-hybridized carbons (Fsp3) is 0.632. The van der Waals surface area contributed by atoms with Gasteiger partial charge in [-0.05, 0) is 31.1 Å². The van der Waals surface area contributed by atoms with Crippen molar-refractivity contribution in [1.82, 2.24) is 14.7 Å². The largest absolute Gasteiger partial charge is 0.342 e. The van der Waals surface area contributed by atoms with Gasteiger partial charge in [-0.2, -0.15) is 5.10 Å². The Kier molecular flexibility index (Phi) is 5.25. The van der Waals surface area contributed by atoms with Crippen LogP contribution in [0.25, 0.3) is 0 Å². The van der Waals surface area contributed by atoms with E-state index in [2.05, 4.69) is 36.4 Å². The van der Waals surface area contributed by atoms with Crippen LogP contribution >= 0.6 is 0 Å². The third kappa shape index (κ3) is 3.48. The molecule has 1 fully saturated rings. The number of anilines is 1. The molecular weight excluding hydrogens is 316 g/mol. The van der Waals surface area contributed by atoms with Crippen LogP contribution in [0.1, 0.15) is 33.1 Å². The van der Waals surface area contributed by atoms with Crippen molar-refractivity contribution >= 4 is 17.5 Å². The highest BCUT2D eigenvalue weighted by atomic mass is 16.2. The number of nitrogens with zero attached hydrogens (tertiary/aromatic N) is 3. The van der Waals surface area contributed by atoms with Gasteiger partial charge in [0.15, 0.2) is 0 Å². The van der Waals surface area contributed by atoms with Crippen molar-refractivity contribution in [1.29, 1.82) is 0 Å². The fourth-order valence-corrected chi connectivity index (χ4v) is 4.31. The van der Waals surface area contributed by atoms with E-state index in [9.17, 15) is 9.59 Å². The summed E-state index contributed by atoms with van der Waals surface area (Å²) in [5.74, 6) is -0.0641. The molecule has 2 bridgehead atoms. The van der Waals surface area contributed by atoms with Gasteiger partial charge in [-0.15, -0.1) is 0 Å². The van der Waals surface area contributed by atoms with E-state index < -0.39 is 0 Å². The highest BCUT2D eigenvalue weighted by Gasteiger charge is 2.52. The molecule has 0 aromatic carbocycles. The predicted molar refractivity (Wildman–Crippen MR) is 96.7 cm³/mol. The van der Waals surface area contributed by atoms with Gasteiger partial charge in [-0.3, -0.25) is 14.3 Å². The van der Waals surface area contributed by atoms with E-state index in [1.807, 2.05) is 11.9 Å². The molecule has 1 saturated carbocycles. The van der Waals surface area contributed by atoms with Gasteiger partial charge in [0, 0.05) is 26.3 Å². The van der Waals surface area contributed by atoms with E-state index in [0.29, 0.717) is 5.69 Å². The van der Waals surface area contributed by atoms with Crippen molar-refractivity contribution in [2.45, 2.75) is 33.1 Å². The lowest BCUT2D eigenvalue weighted by Gasteiger charge is -2.31. The summed E-state index contributed by atoms with van der Waals surface area (Å²) in [4.78, 5) is 28.0. The van der Waals surface area contributed by atoms with Crippen molar-refractivity contribution in [3.63, 3.8) is 0 Å². The molecule has 0 spiro atoms. The maximum absolute atomic E-state index is 13.2. The first-order valence-corrected chi connectivity index (χ1v) is 9.31. The Labute approximate surface area is 149 Å². The average Bonchev–Trinajstić information content (AvgIpc) is 3.29. The summed E-state index contributed by atoms with van der Waals surface area (Å²) in [7, 11) is 1.82. The van der Waals surface area contributed by atoms with Gasteiger partial charge < -0.3 is 10.2 Å². The first-order chi connectivity index (χ1) is 12.0. The molecule has 4 atom stereocenters. The van der Waals surface area contributed by atoms with Crippen molar-refractivity contribution in [2.24, 2.45) is 30.7 Å². The topological polar surface area (TPSA) is 67.2 Å². The Hall–Kier alpha value is -2.11. The minimum Gasteiger partial charge on any atom is -0.342 e. The molecule has 1 heterocycles. The summed E-state index contributed by atoms with van der Waals surface area (Å²) in [5.41, 5.74) is 0.685. The molecule has 2 aliphatic carbocycles. The highest BCUT2D eigenvalue weighted by molar-refractivity contribution is 5.97. The Morgan fingerprint density at radius 1 is 1.20 bits per heavy atom. The van der Waals surface area contributed by atoms with Gasteiger partial charge >= 0.3 is 0 Å². The minimum atomic E-state index is -0.279. The maximum atomic E-state index is 13.2. The van der Waals surface area contributed by atoms with Crippen LogP contribution in [-0.2, 0) is 16.6 Å². The predicted octanol–water partition coefficient (Wildman–Crippen LogP) is 2.45. The van der Waals surface area contributed by atoms with E-state index in [0.717, 1.165) is 32.4 Å². The molecule has 0 saturated heterocycles.